The zero-order valence-corrected chi connectivity index (χ0v) is 16.8. The monoisotopic (exact) mass is 420 g/mol. The highest BCUT2D eigenvalue weighted by Crippen LogP contribution is 2.21. The van der Waals surface area contributed by atoms with Crippen LogP contribution in [0.3, 0.4) is 0 Å². The lowest BCUT2D eigenvalue weighted by Gasteiger charge is -2.08. The first kappa shape index (κ1) is 19.6. The minimum Gasteiger partial charge on any atom is -0.333 e. The molecular weight excluding hydrogens is 404 g/mol. The number of anilines is 1. The number of aryl methyl sites for hydroxylation is 1. The fraction of sp³-hybridized carbons (Fsp3) is 0.0909. The summed E-state index contributed by atoms with van der Waals surface area (Å²) < 4.78 is 6.57. The molecule has 4 aromatic rings. The van der Waals surface area contributed by atoms with Gasteiger partial charge in [0.25, 0.3) is 11.4 Å². The van der Waals surface area contributed by atoms with Gasteiger partial charge in [-0.15, -0.1) is 0 Å². The highest BCUT2D eigenvalue weighted by Gasteiger charge is 2.16. The van der Waals surface area contributed by atoms with Gasteiger partial charge in [0.1, 0.15) is 12.1 Å². The number of halogens is 1. The van der Waals surface area contributed by atoms with Crippen molar-refractivity contribution < 1.29 is 9.32 Å². The Balaban J connectivity index is 1.54. The molecule has 8 heteroatoms. The maximum absolute atomic E-state index is 12.8. The molecule has 7 nitrogen and oxygen atoms in total. The summed E-state index contributed by atoms with van der Waals surface area (Å²) in [5.74, 6) is 0.109. The van der Waals surface area contributed by atoms with Crippen molar-refractivity contribution in [2.75, 3.05) is 5.32 Å². The summed E-state index contributed by atoms with van der Waals surface area (Å²) in [6, 6.07) is 17.6. The number of hydrogen-bond acceptors (Lipinski definition) is 5. The molecule has 2 aromatic heterocycles. The molecule has 0 saturated heterocycles. The van der Waals surface area contributed by atoms with Crippen LogP contribution in [0.2, 0.25) is 5.02 Å². The van der Waals surface area contributed by atoms with Crippen molar-refractivity contribution in [2.24, 2.45) is 0 Å². The number of carbonyl (C=O) groups is 1. The number of aromatic nitrogens is 3. The number of amides is 1. The second-order valence-electron chi connectivity index (χ2n) is 6.70. The molecule has 0 saturated carbocycles. The Morgan fingerprint density at radius 1 is 1.10 bits per heavy atom. The van der Waals surface area contributed by atoms with Gasteiger partial charge in [-0.2, -0.15) is 4.98 Å². The lowest BCUT2D eigenvalue weighted by Crippen LogP contribution is -2.28. The summed E-state index contributed by atoms with van der Waals surface area (Å²) in [5, 5.41) is 7.30. The first-order chi connectivity index (χ1) is 14.5. The molecule has 2 aromatic carbocycles. The van der Waals surface area contributed by atoms with Gasteiger partial charge in [0, 0.05) is 22.5 Å². The van der Waals surface area contributed by atoms with Crippen molar-refractivity contribution in [1.82, 2.24) is 14.7 Å². The van der Waals surface area contributed by atoms with Crippen LogP contribution in [0.25, 0.3) is 22.8 Å². The smallest absolute Gasteiger partial charge is 0.263 e. The molecular formula is C22H17ClN4O3. The van der Waals surface area contributed by atoms with Crippen molar-refractivity contribution in [3.63, 3.8) is 0 Å². The first-order valence-corrected chi connectivity index (χ1v) is 9.53. The van der Waals surface area contributed by atoms with Crippen molar-refractivity contribution in [3.05, 3.63) is 87.8 Å². The van der Waals surface area contributed by atoms with Gasteiger partial charge in [0.15, 0.2) is 0 Å². The molecule has 1 amide bonds. The van der Waals surface area contributed by atoms with Crippen LogP contribution < -0.4 is 10.9 Å². The molecule has 0 aliphatic rings. The van der Waals surface area contributed by atoms with E-state index >= 15 is 0 Å². The zero-order valence-electron chi connectivity index (χ0n) is 16.0. The molecule has 0 atom stereocenters. The summed E-state index contributed by atoms with van der Waals surface area (Å²) >= 11 is 5.90. The fourth-order valence-corrected chi connectivity index (χ4v) is 2.99. The van der Waals surface area contributed by atoms with Gasteiger partial charge >= 0.3 is 0 Å². The molecule has 150 valence electrons. The Hall–Kier alpha value is -3.71. The Bertz CT molecular complexity index is 1240. The molecule has 0 fully saturated rings. The predicted molar refractivity (Wildman–Crippen MR) is 114 cm³/mol. The standard InChI is InChI=1S/C22H17ClN4O3/c1-14-4-10-17(11-5-14)24-19(28)13-27-12-2-3-18(22(27)29)21-25-20(26-30-21)15-6-8-16(23)9-7-15/h2-12H,13H2,1H3,(H,24,28). The van der Waals surface area contributed by atoms with Gasteiger partial charge in [-0.25, -0.2) is 0 Å². The zero-order chi connectivity index (χ0) is 21.1. The predicted octanol–water partition coefficient (Wildman–Crippen LogP) is 4.17. The third-order valence-corrected chi connectivity index (χ3v) is 4.68. The Morgan fingerprint density at radius 3 is 2.57 bits per heavy atom. The van der Waals surface area contributed by atoms with E-state index in [1.54, 1.807) is 36.4 Å². The molecule has 0 spiro atoms. The number of hydrogen-bond donors (Lipinski definition) is 1. The summed E-state index contributed by atoms with van der Waals surface area (Å²) in [7, 11) is 0. The van der Waals surface area contributed by atoms with E-state index in [1.165, 1.54) is 10.8 Å². The minimum atomic E-state index is -0.400. The van der Waals surface area contributed by atoms with Crippen molar-refractivity contribution in [3.8, 4) is 22.8 Å². The number of nitrogens with one attached hydrogen (secondary N) is 1. The highest BCUT2D eigenvalue weighted by molar-refractivity contribution is 6.30. The van der Waals surface area contributed by atoms with Gasteiger partial charge in [0.05, 0.1) is 0 Å². The molecule has 2 heterocycles. The third-order valence-electron chi connectivity index (χ3n) is 4.43. The summed E-state index contributed by atoms with van der Waals surface area (Å²) in [6.07, 6.45) is 1.54. The fourth-order valence-electron chi connectivity index (χ4n) is 2.87. The summed E-state index contributed by atoms with van der Waals surface area (Å²) in [5.41, 5.74) is 2.29. The molecule has 0 radical (unpaired) electrons. The van der Waals surface area contributed by atoms with Gasteiger partial charge in [-0.1, -0.05) is 34.5 Å². The van der Waals surface area contributed by atoms with E-state index in [0.29, 0.717) is 22.1 Å². The van der Waals surface area contributed by atoms with Crippen LogP contribution in [0.15, 0.2) is 76.2 Å². The average Bonchev–Trinajstić information content (AvgIpc) is 3.22. The van der Waals surface area contributed by atoms with Gasteiger partial charge in [-0.05, 0) is 55.5 Å². The third kappa shape index (κ3) is 4.31. The summed E-state index contributed by atoms with van der Waals surface area (Å²) in [6.45, 7) is 1.82. The van der Waals surface area contributed by atoms with E-state index in [0.717, 1.165) is 5.56 Å². The Kier molecular flexibility index (Phi) is 5.45. The second kappa shape index (κ2) is 8.34. The number of benzene rings is 2. The normalized spacial score (nSPS) is 10.7. The number of pyridine rings is 1. The van der Waals surface area contributed by atoms with Crippen LogP contribution in [0.4, 0.5) is 5.69 Å². The van der Waals surface area contributed by atoms with Crippen LogP contribution >= 0.6 is 11.6 Å². The topological polar surface area (TPSA) is 90.0 Å². The van der Waals surface area contributed by atoms with E-state index in [1.807, 2.05) is 31.2 Å². The SMILES string of the molecule is Cc1ccc(NC(=O)Cn2cccc(-c3nc(-c4ccc(Cl)cc4)no3)c2=O)cc1. The highest BCUT2D eigenvalue weighted by atomic mass is 35.5. The lowest BCUT2D eigenvalue weighted by atomic mass is 10.2. The van der Waals surface area contributed by atoms with E-state index in [2.05, 4.69) is 15.5 Å². The maximum Gasteiger partial charge on any atom is 0.263 e. The van der Waals surface area contributed by atoms with Crippen LogP contribution in [0.1, 0.15) is 5.56 Å². The second-order valence-corrected chi connectivity index (χ2v) is 7.14. The molecule has 0 aliphatic heterocycles. The number of nitrogens with zero attached hydrogens (tertiary/aromatic N) is 3. The summed E-state index contributed by atoms with van der Waals surface area (Å²) in [4.78, 5) is 29.5. The van der Waals surface area contributed by atoms with Crippen LogP contribution in [-0.2, 0) is 11.3 Å². The number of rotatable bonds is 5. The molecule has 0 aliphatic carbocycles. The van der Waals surface area contributed by atoms with E-state index in [-0.39, 0.29) is 23.9 Å². The van der Waals surface area contributed by atoms with E-state index in [4.69, 9.17) is 16.1 Å². The van der Waals surface area contributed by atoms with Crippen LogP contribution in [0, 0.1) is 6.92 Å². The largest absolute Gasteiger partial charge is 0.333 e. The Labute approximate surface area is 176 Å². The van der Waals surface area contributed by atoms with Crippen LogP contribution in [-0.4, -0.2) is 20.6 Å². The number of carbonyl (C=O) groups excluding carboxylic acids is 1. The van der Waals surface area contributed by atoms with Crippen molar-refractivity contribution in [2.45, 2.75) is 13.5 Å². The quantitative estimate of drug-likeness (QED) is 0.523. The van der Waals surface area contributed by atoms with Gasteiger partial charge in [-0.3, -0.25) is 9.59 Å². The van der Waals surface area contributed by atoms with E-state index in [9.17, 15) is 9.59 Å². The molecule has 30 heavy (non-hydrogen) atoms. The van der Waals surface area contributed by atoms with Crippen LogP contribution in [0.5, 0.6) is 0 Å². The first-order valence-electron chi connectivity index (χ1n) is 9.15. The molecule has 4 rings (SSSR count). The molecule has 0 bridgehead atoms. The van der Waals surface area contributed by atoms with Crippen molar-refractivity contribution >= 4 is 23.2 Å². The van der Waals surface area contributed by atoms with Gasteiger partial charge in [0.2, 0.25) is 11.7 Å². The van der Waals surface area contributed by atoms with Gasteiger partial charge < -0.3 is 14.4 Å². The molecule has 1 N–H and O–H groups in total. The van der Waals surface area contributed by atoms with Crippen molar-refractivity contribution in [1.29, 1.82) is 0 Å². The lowest BCUT2D eigenvalue weighted by molar-refractivity contribution is -0.116. The average molecular weight is 421 g/mol. The Morgan fingerprint density at radius 2 is 1.83 bits per heavy atom. The minimum absolute atomic E-state index is 0.0817. The molecule has 0 unspecified atom stereocenters. The van der Waals surface area contributed by atoms with E-state index < -0.39 is 5.56 Å². The maximum atomic E-state index is 12.8.